The summed E-state index contributed by atoms with van der Waals surface area (Å²) in [5.41, 5.74) is 1.05. The van der Waals surface area contributed by atoms with Crippen molar-refractivity contribution in [2.75, 3.05) is 26.2 Å². The number of furan rings is 1. The average molecular weight is 417 g/mol. The molecule has 0 bridgehead atoms. The molecule has 1 aromatic carbocycles. The van der Waals surface area contributed by atoms with Crippen molar-refractivity contribution < 1.29 is 23.5 Å². The Morgan fingerprint density at radius 1 is 1.20 bits per heavy atom. The van der Waals surface area contributed by atoms with Crippen LogP contribution in [0, 0.1) is 12.7 Å². The van der Waals surface area contributed by atoms with Crippen molar-refractivity contribution in [3.8, 4) is 0 Å². The number of aliphatic hydroxyl groups excluding tert-OH is 1. The zero-order chi connectivity index (χ0) is 21.4. The number of rotatable bonds is 3. The van der Waals surface area contributed by atoms with Gasteiger partial charge in [-0.15, -0.1) is 0 Å². The Bertz CT molecular complexity index is 951. The summed E-state index contributed by atoms with van der Waals surface area (Å²) < 4.78 is 19.2. The van der Waals surface area contributed by atoms with E-state index in [2.05, 4.69) is 10.2 Å². The van der Waals surface area contributed by atoms with Gasteiger partial charge in [-0.1, -0.05) is 0 Å². The van der Waals surface area contributed by atoms with Crippen molar-refractivity contribution >= 4 is 22.8 Å². The minimum Gasteiger partial charge on any atom is -0.451 e. The SMILES string of the molecule is CC(=O)N1CCN([C@@H]2CCC[C@@H](NC(=O)c3oc4ccc(F)cc4c3C)[C@H]2O)CC1. The third-order valence-corrected chi connectivity index (χ3v) is 6.47. The molecule has 0 radical (unpaired) electrons. The topological polar surface area (TPSA) is 86.0 Å². The van der Waals surface area contributed by atoms with Crippen molar-refractivity contribution in [2.45, 2.75) is 51.3 Å². The third kappa shape index (κ3) is 3.94. The van der Waals surface area contributed by atoms with Gasteiger partial charge in [-0.3, -0.25) is 14.5 Å². The molecule has 2 N–H and O–H groups in total. The average Bonchev–Trinajstić information content (AvgIpc) is 3.06. The Labute approximate surface area is 174 Å². The van der Waals surface area contributed by atoms with Crippen molar-refractivity contribution in [2.24, 2.45) is 0 Å². The molecule has 1 saturated heterocycles. The van der Waals surface area contributed by atoms with Crippen LogP contribution in [0.4, 0.5) is 4.39 Å². The second-order valence-corrected chi connectivity index (χ2v) is 8.31. The summed E-state index contributed by atoms with van der Waals surface area (Å²) in [6.07, 6.45) is 1.74. The Morgan fingerprint density at radius 2 is 1.93 bits per heavy atom. The summed E-state index contributed by atoms with van der Waals surface area (Å²) in [6, 6.07) is 3.74. The summed E-state index contributed by atoms with van der Waals surface area (Å²) in [6.45, 7) is 6.06. The Morgan fingerprint density at radius 3 is 2.63 bits per heavy atom. The molecule has 1 aromatic heterocycles. The fraction of sp³-hybridized carbons (Fsp3) is 0.545. The molecule has 1 saturated carbocycles. The number of fused-ring (bicyclic) bond motifs is 1. The van der Waals surface area contributed by atoms with E-state index in [0.717, 1.165) is 25.9 Å². The number of benzene rings is 1. The van der Waals surface area contributed by atoms with Crippen LogP contribution in [0.25, 0.3) is 11.0 Å². The highest BCUT2D eigenvalue weighted by molar-refractivity contribution is 5.99. The largest absolute Gasteiger partial charge is 0.451 e. The number of hydrogen-bond donors (Lipinski definition) is 2. The molecular formula is C22H28FN3O4. The van der Waals surface area contributed by atoms with E-state index in [1.807, 2.05) is 4.90 Å². The van der Waals surface area contributed by atoms with Gasteiger partial charge in [-0.05, 0) is 44.4 Å². The lowest BCUT2D eigenvalue weighted by atomic mass is 9.86. The number of carbonyl (C=O) groups is 2. The number of nitrogens with one attached hydrogen (secondary N) is 1. The number of aryl methyl sites for hydroxylation is 1. The monoisotopic (exact) mass is 417 g/mol. The predicted molar refractivity (Wildman–Crippen MR) is 110 cm³/mol. The molecule has 2 aromatic rings. The Balaban J connectivity index is 1.44. The summed E-state index contributed by atoms with van der Waals surface area (Å²) in [5.74, 6) is -0.547. The summed E-state index contributed by atoms with van der Waals surface area (Å²) >= 11 is 0. The lowest BCUT2D eigenvalue weighted by Gasteiger charge is -2.44. The summed E-state index contributed by atoms with van der Waals surface area (Å²) in [7, 11) is 0. The smallest absolute Gasteiger partial charge is 0.287 e. The zero-order valence-electron chi connectivity index (χ0n) is 17.4. The second kappa shape index (κ2) is 8.35. The van der Waals surface area contributed by atoms with Gasteiger partial charge in [0.05, 0.1) is 12.1 Å². The van der Waals surface area contributed by atoms with Gasteiger partial charge in [-0.2, -0.15) is 0 Å². The standard InChI is InChI=1S/C22H28FN3O4/c1-13-16-12-15(23)6-7-19(16)30-21(13)22(29)24-17-4-3-5-18(20(17)28)26-10-8-25(9-11-26)14(2)27/h6-7,12,17-18,20,28H,3-5,8-11H2,1-2H3,(H,24,29)/t17-,18-,20-/m1/s1. The van der Waals surface area contributed by atoms with Gasteiger partial charge in [0.1, 0.15) is 11.4 Å². The maximum atomic E-state index is 13.5. The van der Waals surface area contributed by atoms with Crippen LogP contribution < -0.4 is 5.32 Å². The van der Waals surface area contributed by atoms with E-state index in [4.69, 9.17) is 4.42 Å². The van der Waals surface area contributed by atoms with Gasteiger partial charge >= 0.3 is 0 Å². The van der Waals surface area contributed by atoms with Gasteiger partial charge in [0, 0.05) is 50.1 Å². The van der Waals surface area contributed by atoms with E-state index in [0.29, 0.717) is 36.0 Å². The highest BCUT2D eigenvalue weighted by atomic mass is 19.1. The molecular weight excluding hydrogens is 389 g/mol. The number of aliphatic hydroxyl groups is 1. The third-order valence-electron chi connectivity index (χ3n) is 6.47. The molecule has 2 amide bonds. The van der Waals surface area contributed by atoms with Gasteiger partial charge in [0.25, 0.3) is 5.91 Å². The lowest BCUT2D eigenvalue weighted by Crippen LogP contribution is -2.60. The van der Waals surface area contributed by atoms with Gasteiger partial charge < -0.3 is 19.7 Å². The Hall–Kier alpha value is -2.45. The molecule has 0 unspecified atom stereocenters. The lowest BCUT2D eigenvalue weighted by molar-refractivity contribution is -0.131. The van der Waals surface area contributed by atoms with E-state index in [1.165, 1.54) is 18.2 Å². The Kier molecular flexibility index (Phi) is 5.79. The first-order chi connectivity index (χ1) is 14.3. The molecule has 2 fully saturated rings. The molecule has 2 aliphatic rings. The van der Waals surface area contributed by atoms with Crippen LogP contribution in [0.3, 0.4) is 0 Å². The number of hydrogen-bond acceptors (Lipinski definition) is 5. The number of nitrogens with zero attached hydrogens (tertiary/aromatic N) is 2. The summed E-state index contributed by atoms with van der Waals surface area (Å²) in [4.78, 5) is 28.5. The second-order valence-electron chi connectivity index (χ2n) is 8.31. The van der Waals surface area contributed by atoms with Crippen LogP contribution in [0.15, 0.2) is 22.6 Å². The first-order valence-electron chi connectivity index (χ1n) is 10.5. The zero-order valence-corrected chi connectivity index (χ0v) is 17.4. The van der Waals surface area contributed by atoms with Crippen LogP contribution in [0.5, 0.6) is 0 Å². The molecule has 1 aliphatic carbocycles. The quantitative estimate of drug-likeness (QED) is 0.799. The van der Waals surface area contributed by atoms with E-state index < -0.39 is 12.0 Å². The molecule has 7 nitrogen and oxygen atoms in total. The minimum absolute atomic E-state index is 0.0518. The number of amides is 2. The molecule has 3 atom stereocenters. The molecule has 8 heteroatoms. The van der Waals surface area contributed by atoms with Crippen LogP contribution in [-0.2, 0) is 4.79 Å². The number of piperazine rings is 1. The maximum Gasteiger partial charge on any atom is 0.287 e. The normalized spacial score (nSPS) is 25.5. The van der Waals surface area contributed by atoms with E-state index in [-0.39, 0.29) is 29.6 Å². The van der Waals surface area contributed by atoms with Crippen molar-refractivity contribution in [1.29, 1.82) is 0 Å². The van der Waals surface area contributed by atoms with Crippen molar-refractivity contribution in [3.63, 3.8) is 0 Å². The van der Waals surface area contributed by atoms with E-state index >= 15 is 0 Å². The van der Waals surface area contributed by atoms with E-state index in [1.54, 1.807) is 13.8 Å². The molecule has 1 aliphatic heterocycles. The van der Waals surface area contributed by atoms with Crippen LogP contribution in [0.2, 0.25) is 0 Å². The number of carbonyl (C=O) groups excluding carboxylic acids is 2. The molecule has 2 heterocycles. The van der Waals surface area contributed by atoms with Gasteiger partial charge in [0.15, 0.2) is 5.76 Å². The molecule has 30 heavy (non-hydrogen) atoms. The van der Waals surface area contributed by atoms with Crippen LogP contribution in [-0.4, -0.2) is 71.1 Å². The van der Waals surface area contributed by atoms with Crippen molar-refractivity contribution in [3.05, 3.63) is 35.3 Å². The van der Waals surface area contributed by atoms with Crippen LogP contribution in [0.1, 0.15) is 42.3 Å². The first kappa shape index (κ1) is 20.8. The van der Waals surface area contributed by atoms with Crippen LogP contribution >= 0.6 is 0 Å². The van der Waals surface area contributed by atoms with E-state index in [9.17, 15) is 19.1 Å². The predicted octanol–water partition coefficient (Wildman–Crippen LogP) is 2.06. The highest BCUT2D eigenvalue weighted by Crippen LogP contribution is 2.28. The fourth-order valence-corrected chi connectivity index (χ4v) is 4.72. The minimum atomic E-state index is -0.700. The first-order valence-corrected chi connectivity index (χ1v) is 10.5. The highest BCUT2D eigenvalue weighted by Gasteiger charge is 2.38. The number of halogens is 1. The van der Waals surface area contributed by atoms with Crippen molar-refractivity contribution in [1.82, 2.24) is 15.1 Å². The molecule has 162 valence electrons. The molecule has 4 rings (SSSR count). The molecule has 0 spiro atoms. The maximum absolute atomic E-state index is 13.5. The van der Waals surface area contributed by atoms with Gasteiger partial charge in [-0.25, -0.2) is 4.39 Å². The fourth-order valence-electron chi connectivity index (χ4n) is 4.72. The summed E-state index contributed by atoms with van der Waals surface area (Å²) in [5, 5.41) is 14.5. The van der Waals surface area contributed by atoms with Gasteiger partial charge in [0.2, 0.25) is 5.91 Å².